The van der Waals surface area contributed by atoms with E-state index < -0.39 is 6.23 Å². The molecule has 25 heavy (non-hydrogen) atoms. The highest BCUT2D eigenvalue weighted by Crippen LogP contribution is 2.30. The van der Waals surface area contributed by atoms with Crippen LogP contribution in [0.5, 0.6) is 0 Å². The van der Waals surface area contributed by atoms with Gasteiger partial charge in [0.1, 0.15) is 11.9 Å². The number of fused-ring (bicyclic) bond motifs is 2. The van der Waals surface area contributed by atoms with E-state index in [4.69, 9.17) is 0 Å². The molecule has 0 aliphatic carbocycles. The van der Waals surface area contributed by atoms with Crippen LogP contribution in [0.2, 0.25) is 0 Å². The number of H-pyrrole nitrogens is 1. The third-order valence-electron chi connectivity index (χ3n) is 4.78. The van der Waals surface area contributed by atoms with E-state index >= 15 is 0 Å². The van der Waals surface area contributed by atoms with Gasteiger partial charge in [-0.15, -0.1) is 0 Å². The quantitative estimate of drug-likeness (QED) is 0.605. The summed E-state index contributed by atoms with van der Waals surface area (Å²) in [4.78, 5) is 6.70. The van der Waals surface area contributed by atoms with Crippen LogP contribution in [0.4, 0.5) is 0 Å². The molecule has 1 aliphatic heterocycles. The predicted octanol–water partition coefficient (Wildman–Crippen LogP) is 2.60. The Morgan fingerprint density at radius 2 is 2.12 bits per heavy atom. The number of aliphatic hydroxyl groups excluding tert-OH is 1. The molecule has 0 fully saturated rings. The van der Waals surface area contributed by atoms with E-state index in [0.717, 1.165) is 33.4 Å². The lowest BCUT2D eigenvalue weighted by Crippen LogP contribution is -2.26. The number of hydrogen-bond acceptors (Lipinski definition) is 4. The number of benzene rings is 1. The number of nitrogens with zero attached hydrogens (tertiary/aromatic N) is 4. The first-order valence-electron chi connectivity index (χ1n) is 8.27. The summed E-state index contributed by atoms with van der Waals surface area (Å²) in [5.74, 6) is 0. The highest BCUT2D eigenvalue weighted by atomic mass is 16.3. The second-order valence-electron chi connectivity index (χ2n) is 6.30. The monoisotopic (exact) mass is 331 g/mol. The number of hydrogen-bond donors (Lipinski definition) is 2. The maximum Gasteiger partial charge on any atom is 0.137 e. The van der Waals surface area contributed by atoms with Gasteiger partial charge in [-0.2, -0.15) is 5.10 Å². The lowest BCUT2D eigenvalue weighted by atomic mass is 10.1. The second kappa shape index (κ2) is 5.54. The maximum atomic E-state index is 10.9. The van der Waals surface area contributed by atoms with Crippen molar-refractivity contribution in [2.75, 3.05) is 13.1 Å². The summed E-state index contributed by atoms with van der Waals surface area (Å²) in [6.45, 7) is 1.36. The molecular weight excluding hydrogens is 314 g/mol. The Morgan fingerprint density at radius 3 is 3.04 bits per heavy atom. The molecule has 1 unspecified atom stereocenters. The van der Waals surface area contributed by atoms with Crippen LogP contribution >= 0.6 is 0 Å². The SMILES string of the molecule is OC(c1cccc2[nH]ncc12)N1CC=C(c2cn3ccccc3n2)C1. The van der Waals surface area contributed by atoms with E-state index in [1.807, 2.05) is 58.1 Å². The van der Waals surface area contributed by atoms with Crippen molar-refractivity contribution in [1.82, 2.24) is 24.5 Å². The van der Waals surface area contributed by atoms with Crippen molar-refractivity contribution in [2.24, 2.45) is 0 Å². The molecule has 6 nitrogen and oxygen atoms in total. The Bertz CT molecular complexity index is 1060. The van der Waals surface area contributed by atoms with Crippen molar-refractivity contribution in [3.63, 3.8) is 0 Å². The van der Waals surface area contributed by atoms with Crippen LogP contribution < -0.4 is 0 Å². The van der Waals surface area contributed by atoms with E-state index in [1.54, 1.807) is 6.20 Å². The van der Waals surface area contributed by atoms with Crippen molar-refractivity contribution >= 4 is 22.1 Å². The van der Waals surface area contributed by atoms with Crippen molar-refractivity contribution in [1.29, 1.82) is 0 Å². The van der Waals surface area contributed by atoms with Crippen LogP contribution in [0, 0.1) is 0 Å². The summed E-state index contributed by atoms with van der Waals surface area (Å²) in [5, 5.41) is 18.8. The minimum Gasteiger partial charge on any atom is -0.374 e. The van der Waals surface area contributed by atoms with Gasteiger partial charge in [-0.3, -0.25) is 10.00 Å². The Kier molecular flexibility index (Phi) is 3.19. The summed E-state index contributed by atoms with van der Waals surface area (Å²) < 4.78 is 2.02. The van der Waals surface area contributed by atoms with Gasteiger partial charge in [0.05, 0.1) is 17.4 Å². The Hall–Kier alpha value is -2.96. The number of imidazole rings is 1. The van der Waals surface area contributed by atoms with Crippen molar-refractivity contribution < 1.29 is 5.11 Å². The van der Waals surface area contributed by atoms with Crippen molar-refractivity contribution in [3.05, 3.63) is 72.3 Å². The number of aromatic amines is 1. The number of pyridine rings is 1. The van der Waals surface area contributed by atoms with Crippen LogP contribution in [-0.4, -0.2) is 42.7 Å². The van der Waals surface area contributed by atoms with Crippen molar-refractivity contribution in [3.8, 4) is 0 Å². The molecule has 1 aromatic carbocycles. The normalized spacial score (nSPS) is 16.6. The second-order valence-corrected chi connectivity index (χ2v) is 6.30. The highest BCUT2D eigenvalue weighted by Gasteiger charge is 2.25. The lowest BCUT2D eigenvalue weighted by Gasteiger charge is -2.23. The average molecular weight is 331 g/mol. The fraction of sp³-hybridized carbons (Fsp3) is 0.158. The predicted molar refractivity (Wildman–Crippen MR) is 95.8 cm³/mol. The number of aromatic nitrogens is 4. The van der Waals surface area contributed by atoms with Gasteiger partial charge in [-0.1, -0.05) is 24.3 Å². The molecule has 4 aromatic rings. The molecule has 0 radical (unpaired) electrons. The first-order valence-corrected chi connectivity index (χ1v) is 8.27. The zero-order chi connectivity index (χ0) is 16.8. The van der Waals surface area contributed by atoms with Gasteiger partial charge in [0.15, 0.2) is 0 Å². The number of nitrogens with one attached hydrogen (secondary N) is 1. The molecule has 6 heteroatoms. The molecule has 0 saturated heterocycles. The van der Waals surface area contributed by atoms with Crippen LogP contribution in [0.15, 0.2) is 61.1 Å². The summed E-state index contributed by atoms with van der Waals surface area (Å²) >= 11 is 0. The molecule has 1 atom stereocenters. The highest BCUT2D eigenvalue weighted by molar-refractivity contribution is 5.82. The molecule has 0 spiro atoms. The summed E-state index contributed by atoms with van der Waals surface area (Å²) in [6, 6.07) is 11.8. The molecule has 0 bridgehead atoms. The average Bonchev–Trinajstić information content (AvgIpc) is 3.38. The maximum absolute atomic E-state index is 10.9. The minimum atomic E-state index is -0.674. The van der Waals surface area contributed by atoms with Gasteiger partial charge in [0.25, 0.3) is 0 Å². The first kappa shape index (κ1) is 14.4. The standard InChI is InChI=1S/C19H17N5O/c25-19(14-4-3-5-16-15(14)10-20-22-16)24-9-7-13(11-24)17-12-23-8-2-1-6-18(23)21-17/h1-8,10,12,19,25H,9,11H2,(H,20,22). The fourth-order valence-electron chi connectivity index (χ4n) is 3.45. The van der Waals surface area contributed by atoms with E-state index in [1.165, 1.54) is 0 Å². The smallest absolute Gasteiger partial charge is 0.137 e. The van der Waals surface area contributed by atoms with E-state index in [9.17, 15) is 5.11 Å². The Labute approximate surface area is 144 Å². The van der Waals surface area contributed by atoms with Gasteiger partial charge >= 0.3 is 0 Å². The zero-order valence-corrected chi connectivity index (χ0v) is 13.5. The van der Waals surface area contributed by atoms with Gasteiger partial charge in [0.2, 0.25) is 0 Å². The van der Waals surface area contributed by atoms with E-state index in [2.05, 4.69) is 21.3 Å². The Morgan fingerprint density at radius 1 is 1.16 bits per heavy atom. The van der Waals surface area contributed by atoms with Crippen LogP contribution in [0.3, 0.4) is 0 Å². The third-order valence-corrected chi connectivity index (χ3v) is 4.78. The number of aliphatic hydroxyl groups is 1. The van der Waals surface area contributed by atoms with Gasteiger partial charge in [0, 0.05) is 36.4 Å². The van der Waals surface area contributed by atoms with Crippen molar-refractivity contribution in [2.45, 2.75) is 6.23 Å². The Balaban J connectivity index is 1.41. The van der Waals surface area contributed by atoms with Crippen LogP contribution in [0.1, 0.15) is 17.5 Å². The van der Waals surface area contributed by atoms with Gasteiger partial charge < -0.3 is 9.51 Å². The summed E-state index contributed by atoms with van der Waals surface area (Å²) in [7, 11) is 0. The van der Waals surface area contributed by atoms with Crippen LogP contribution in [-0.2, 0) is 0 Å². The molecular formula is C19H17N5O. The first-order chi connectivity index (χ1) is 12.3. The molecule has 1 aliphatic rings. The van der Waals surface area contributed by atoms with Gasteiger partial charge in [-0.25, -0.2) is 4.98 Å². The van der Waals surface area contributed by atoms with E-state index in [0.29, 0.717) is 13.1 Å². The largest absolute Gasteiger partial charge is 0.374 e. The molecule has 0 amide bonds. The fourth-order valence-corrected chi connectivity index (χ4v) is 3.45. The molecule has 124 valence electrons. The topological polar surface area (TPSA) is 69.5 Å². The minimum absolute atomic E-state index is 0.666. The molecule has 3 aromatic heterocycles. The molecule has 2 N–H and O–H groups in total. The van der Waals surface area contributed by atoms with E-state index in [-0.39, 0.29) is 0 Å². The molecule has 0 saturated carbocycles. The molecule has 4 heterocycles. The van der Waals surface area contributed by atoms with Crippen LogP contribution in [0.25, 0.3) is 22.1 Å². The third kappa shape index (κ3) is 2.34. The van der Waals surface area contributed by atoms with Gasteiger partial charge in [-0.05, 0) is 23.8 Å². The summed E-state index contributed by atoms with van der Waals surface area (Å²) in [6.07, 6.45) is 7.26. The zero-order valence-electron chi connectivity index (χ0n) is 13.5. The lowest BCUT2D eigenvalue weighted by molar-refractivity contribution is 0.0250. The number of rotatable bonds is 3. The molecule has 5 rings (SSSR count). The summed E-state index contributed by atoms with van der Waals surface area (Å²) in [5.41, 5.74) is 4.84.